The Hall–Kier alpha value is -3.71. The minimum Gasteiger partial charge on any atom is -0.508 e. The molecule has 3 aromatic carbocycles. The predicted octanol–water partition coefficient (Wildman–Crippen LogP) is 3.84. The van der Waals surface area contributed by atoms with Crippen molar-refractivity contribution in [2.75, 3.05) is 11.2 Å². The molecule has 1 spiro atoms. The number of phenolic OH excluding ortho intramolecular Hbond substituents is 2. The number of carbonyl (C=O) groups is 2. The van der Waals surface area contributed by atoms with Gasteiger partial charge in [0.05, 0.1) is 11.3 Å². The van der Waals surface area contributed by atoms with E-state index in [-0.39, 0.29) is 40.1 Å². The van der Waals surface area contributed by atoms with Crippen LogP contribution < -0.4 is 10.1 Å². The number of carbonyl (C=O) groups excluding carboxylic acids is 2. The first-order valence-corrected chi connectivity index (χ1v) is 9.55. The SMILES string of the molecule is O=C(CCl)Nc1cccc2c1C(=O)OC21c2ccc(O)cc2Oc2cc(O)ccc21. The Morgan fingerprint density at radius 3 is 2.20 bits per heavy atom. The topological polar surface area (TPSA) is 105 Å². The van der Waals surface area contributed by atoms with Gasteiger partial charge in [-0.15, -0.1) is 11.6 Å². The third-order valence-electron chi connectivity index (χ3n) is 5.20. The molecule has 0 aliphatic carbocycles. The number of fused-ring (bicyclic) bond motifs is 6. The highest BCUT2D eigenvalue weighted by Gasteiger charge is 2.54. The fourth-order valence-electron chi connectivity index (χ4n) is 4.03. The van der Waals surface area contributed by atoms with Gasteiger partial charge in [-0.25, -0.2) is 4.79 Å². The number of amides is 1. The van der Waals surface area contributed by atoms with Gasteiger partial charge in [-0.1, -0.05) is 12.1 Å². The third-order valence-corrected chi connectivity index (χ3v) is 5.44. The number of ether oxygens (including phenoxy) is 2. The molecule has 0 saturated carbocycles. The van der Waals surface area contributed by atoms with Gasteiger partial charge >= 0.3 is 5.97 Å². The van der Waals surface area contributed by atoms with Gasteiger partial charge in [0.15, 0.2) is 5.60 Å². The zero-order valence-electron chi connectivity index (χ0n) is 15.3. The maximum absolute atomic E-state index is 13.0. The van der Waals surface area contributed by atoms with Gasteiger partial charge in [0, 0.05) is 28.8 Å². The van der Waals surface area contributed by atoms with Gasteiger partial charge in [0.1, 0.15) is 28.9 Å². The summed E-state index contributed by atoms with van der Waals surface area (Å²) in [5.41, 5.74) is 0.626. The van der Waals surface area contributed by atoms with Crippen molar-refractivity contribution in [1.29, 1.82) is 0 Å². The number of aromatic hydroxyl groups is 2. The lowest BCUT2D eigenvalue weighted by Crippen LogP contribution is -2.32. The lowest BCUT2D eigenvalue weighted by Gasteiger charge is -2.36. The maximum Gasteiger partial charge on any atom is 0.342 e. The van der Waals surface area contributed by atoms with E-state index < -0.39 is 17.5 Å². The van der Waals surface area contributed by atoms with Crippen molar-refractivity contribution in [2.24, 2.45) is 0 Å². The molecule has 2 aliphatic rings. The molecule has 2 aliphatic heterocycles. The molecule has 8 heteroatoms. The summed E-state index contributed by atoms with van der Waals surface area (Å²) in [7, 11) is 0. The van der Waals surface area contributed by atoms with Gasteiger partial charge in [-0.2, -0.15) is 0 Å². The number of rotatable bonds is 2. The Kier molecular flexibility index (Phi) is 3.91. The average Bonchev–Trinajstić information content (AvgIpc) is 3.01. The first-order chi connectivity index (χ1) is 14.4. The van der Waals surface area contributed by atoms with Crippen LogP contribution >= 0.6 is 11.6 Å². The van der Waals surface area contributed by atoms with Crippen LogP contribution in [0.15, 0.2) is 54.6 Å². The molecule has 5 rings (SSSR count). The molecule has 0 unspecified atom stereocenters. The second kappa shape index (κ2) is 6.40. The minimum absolute atomic E-state index is 0.0276. The van der Waals surface area contributed by atoms with E-state index in [1.807, 2.05) is 0 Å². The van der Waals surface area contributed by atoms with E-state index in [2.05, 4.69) is 5.32 Å². The molecule has 7 nitrogen and oxygen atoms in total. The second-order valence-corrected chi connectivity index (χ2v) is 7.21. The summed E-state index contributed by atoms with van der Waals surface area (Å²) in [5, 5.41) is 22.5. The summed E-state index contributed by atoms with van der Waals surface area (Å²) in [6, 6.07) is 14.0. The highest BCUT2D eigenvalue weighted by molar-refractivity contribution is 6.29. The number of hydrogen-bond acceptors (Lipinski definition) is 6. The molecule has 0 bridgehead atoms. The summed E-state index contributed by atoms with van der Waals surface area (Å²) >= 11 is 5.60. The van der Waals surface area contributed by atoms with Gasteiger partial charge in [-0.3, -0.25) is 4.79 Å². The van der Waals surface area contributed by atoms with Gasteiger partial charge in [0.25, 0.3) is 0 Å². The molecule has 150 valence electrons. The molecule has 2 heterocycles. The van der Waals surface area contributed by atoms with Crippen molar-refractivity contribution in [1.82, 2.24) is 0 Å². The monoisotopic (exact) mass is 423 g/mol. The van der Waals surface area contributed by atoms with Crippen LogP contribution in [0.3, 0.4) is 0 Å². The zero-order chi connectivity index (χ0) is 21.0. The van der Waals surface area contributed by atoms with E-state index in [0.29, 0.717) is 16.7 Å². The number of benzene rings is 3. The number of esters is 1. The first kappa shape index (κ1) is 18.3. The highest BCUT2D eigenvalue weighted by Crippen LogP contribution is 2.57. The van der Waals surface area contributed by atoms with Crippen LogP contribution in [0.2, 0.25) is 0 Å². The molecular formula is C22H14ClNO6. The molecule has 1 amide bonds. The van der Waals surface area contributed by atoms with Crippen molar-refractivity contribution < 1.29 is 29.3 Å². The number of hydrogen-bond donors (Lipinski definition) is 3. The fraction of sp³-hybridized carbons (Fsp3) is 0.0909. The lowest BCUT2D eigenvalue weighted by atomic mass is 9.77. The van der Waals surface area contributed by atoms with E-state index in [1.54, 1.807) is 30.3 Å². The molecule has 0 fully saturated rings. The largest absolute Gasteiger partial charge is 0.508 e. The number of halogens is 1. The van der Waals surface area contributed by atoms with E-state index in [9.17, 15) is 19.8 Å². The Balaban J connectivity index is 1.82. The van der Waals surface area contributed by atoms with Crippen molar-refractivity contribution >= 4 is 29.2 Å². The highest BCUT2D eigenvalue weighted by atomic mass is 35.5. The number of anilines is 1. The summed E-state index contributed by atoms with van der Waals surface area (Å²) in [6.07, 6.45) is 0. The fourth-order valence-corrected chi connectivity index (χ4v) is 4.10. The third kappa shape index (κ3) is 2.45. The second-order valence-electron chi connectivity index (χ2n) is 6.94. The van der Waals surface area contributed by atoms with Gasteiger partial charge < -0.3 is 25.0 Å². The summed E-state index contributed by atoms with van der Waals surface area (Å²) in [6.45, 7) is 0. The Morgan fingerprint density at radius 2 is 1.60 bits per heavy atom. The zero-order valence-corrected chi connectivity index (χ0v) is 16.1. The summed E-state index contributed by atoms with van der Waals surface area (Å²) in [5.74, 6) is -0.841. The molecule has 0 atom stereocenters. The quantitative estimate of drug-likeness (QED) is 0.427. The van der Waals surface area contributed by atoms with Crippen LogP contribution in [-0.2, 0) is 15.1 Å². The van der Waals surface area contributed by atoms with Gasteiger partial charge in [-0.05, 0) is 30.3 Å². The van der Waals surface area contributed by atoms with Crippen LogP contribution in [0.4, 0.5) is 5.69 Å². The predicted molar refractivity (Wildman–Crippen MR) is 107 cm³/mol. The van der Waals surface area contributed by atoms with Crippen LogP contribution in [0, 0.1) is 0 Å². The van der Waals surface area contributed by atoms with E-state index in [1.165, 1.54) is 24.3 Å². The molecule has 0 radical (unpaired) electrons. The molecule has 0 saturated heterocycles. The van der Waals surface area contributed by atoms with E-state index in [4.69, 9.17) is 21.1 Å². The van der Waals surface area contributed by atoms with Crippen LogP contribution in [0.25, 0.3) is 0 Å². The van der Waals surface area contributed by atoms with E-state index in [0.717, 1.165) is 0 Å². The molecule has 0 aromatic heterocycles. The van der Waals surface area contributed by atoms with Crippen molar-refractivity contribution in [3.8, 4) is 23.0 Å². The van der Waals surface area contributed by atoms with Crippen LogP contribution in [0.5, 0.6) is 23.0 Å². The molecular weight excluding hydrogens is 410 g/mol. The van der Waals surface area contributed by atoms with Crippen molar-refractivity contribution in [3.05, 3.63) is 76.9 Å². The Bertz CT molecular complexity index is 1190. The standard InChI is InChI=1S/C22H14ClNO6/c23-10-19(27)24-16-3-1-2-15-20(16)21(28)30-22(15)13-6-4-11(25)8-17(13)29-18-9-12(26)5-7-14(18)22/h1-9,25-26H,10H2,(H,24,27). The minimum atomic E-state index is -1.38. The number of alkyl halides is 1. The Labute approximate surface area is 175 Å². The summed E-state index contributed by atoms with van der Waals surface area (Å²) < 4.78 is 11.9. The van der Waals surface area contributed by atoms with Crippen LogP contribution in [-0.4, -0.2) is 28.0 Å². The maximum atomic E-state index is 13.0. The van der Waals surface area contributed by atoms with Gasteiger partial charge in [0.2, 0.25) is 5.91 Å². The van der Waals surface area contributed by atoms with E-state index >= 15 is 0 Å². The smallest absolute Gasteiger partial charge is 0.342 e. The molecule has 3 N–H and O–H groups in total. The first-order valence-electron chi connectivity index (χ1n) is 9.01. The lowest BCUT2D eigenvalue weighted by molar-refractivity contribution is -0.113. The Morgan fingerprint density at radius 1 is 0.967 bits per heavy atom. The summed E-state index contributed by atoms with van der Waals surface area (Å²) in [4.78, 5) is 24.9. The average molecular weight is 424 g/mol. The molecule has 3 aromatic rings. The van der Waals surface area contributed by atoms with Crippen molar-refractivity contribution in [3.63, 3.8) is 0 Å². The normalized spacial score (nSPS) is 14.9. The number of nitrogens with one attached hydrogen (secondary N) is 1. The van der Waals surface area contributed by atoms with Crippen LogP contribution in [0.1, 0.15) is 27.0 Å². The van der Waals surface area contributed by atoms with Crippen molar-refractivity contribution in [2.45, 2.75) is 5.60 Å². The number of phenols is 2. The molecule has 30 heavy (non-hydrogen) atoms.